The lowest BCUT2D eigenvalue weighted by molar-refractivity contribution is 0.254. The van der Waals surface area contributed by atoms with E-state index in [2.05, 4.69) is 53.6 Å². The number of nitrogens with zero attached hydrogens (tertiary/aromatic N) is 1. The summed E-state index contributed by atoms with van der Waals surface area (Å²) < 4.78 is 0. The van der Waals surface area contributed by atoms with Gasteiger partial charge in [-0.25, -0.2) is 0 Å². The second kappa shape index (κ2) is 7.34. The Morgan fingerprint density at radius 1 is 1.22 bits per heavy atom. The van der Waals surface area contributed by atoms with Crippen LogP contribution in [-0.4, -0.2) is 37.1 Å². The molecule has 0 aromatic heterocycles. The minimum absolute atomic E-state index is 0.664. The standard InChI is InChI=1S/C16H24N2/c1-15(18-12-5-6-13-18)14-17-11-7-10-16-8-3-2-4-9-16/h2-4,7-10,15,17H,5-6,11-14H2,1H3/b10-7+. The van der Waals surface area contributed by atoms with Crippen LogP contribution in [0.3, 0.4) is 0 Å². The molecule has 1 atom stereocenters. The smallest absolute Gasteiger partial charge is 0.0192 e. The molecule has 0 bridgehead atoms. The van der Waals surface area contributed by atoms with Crippen molar-refractivity contribution >= 4 is 6.08 Å². The van der Waals surface area contributed by atoms with Crippen molar-refractivity contribution in [2.24, 2.45) is 0 Å². The Balaban J connectivity index is 1.62. The van der Waals surface area contributed by atoms with E-state index < -0.39 is 0 Å². The normalized spacial score (nSPS) is 18.5. The van der Waals surface area contributed by atoms with Crippen LogP contribution < -0.4 is 5.32 Å². The monoisotopic (exact) mass is 244 g/mol. The fourth-order valence-corrected chi connectivity index (χ4v) is 2.45. The molecule has 98 valence electrons. The van der Waals surface area contributed by atoms with Gasteiger partial charge in [-0.1, -0.05) is 42.5 Å². The van der Waals surface area contributed by atoms with Gasteiger partial charge < -0.3 is 5.32 Å². The molecule has 0 aliphatic carbocycles. The molecule has 1 N–H and O–H groups in total. The molecule has 1 aromatic carbocycles. The lowest BCUT2D eigenvalue weighted by atomic mass is 10.2. The summed E-state index contributed by atoms with van der Waals surface area (Å²) in [5.41, 5.74) is 1.27. The molecule has 1 fully saturated rings. The lowest BCUT2D eigenvalue weighted by Crippen LogP contribution is -2.38. The van der Waals surface area contributed by atoms with Crippen molar-refractivity contribution in [2.75, 3.05) is 26.2 Å². The minimum atomic E-state index is 0.664. The number of likely N-dealkylation sites (tertiary alicyclic amines) is 1. The van der Waals surface area contributed by atoms with Crippen LogP contribution in [0.15, 0.2) is 36.4 Å². The van der Waals surface area contributed by atoms with Crippen molar-refractivity contribution < 1.29 is 0 Å². The number of rotatable bonds is 6. The highest BCUT2D eigenvalue weighted by Gasteiger charge is 2.16. The van der Waals surface area contributed by atoms with E-state index in [0.717, 1.165) is 13.1 Å². The summed E-state index contributed by atoms with van der Waals surface area (Å²) in [6.45, 7) is 6.91. The van der Waals surface area contributed by atoms with Gasteiger partial charge in [-0.3, -0.25) is 4.90 Å². The Morgan fingerprint density at radius 2 is 1.94 bits per heavy atom. The maximum atomic E-state index is 3.50. The zero-order valence-corrected chi connectivity index (χ0v) is 11.3. The van der Waals surface area contributed by atoms with Gasteiger partial charge in [0.15, 0.2) is 0 Å². The average molecular weight is 244 g/mol. The van der Waals surface area contributed by atoms with Gasteiger partial charge in [-0.2, -0.15) is 0 Å². The Hall–Kier alpha value is -1.12. The Labute approximate surface area is 111 Å². The molecule has 1 aromatic rings. The van der Waals surface area contributed by atoms with E-state index in [-0.39, 0.29) is 0 Å². The predicted octanol–water partition coefficient (Wildman–Crippen LogP) is 2.77. The van der Waals surface area contributed by atoms with E-state index in [0.29, 0.717) is 6.04 Å². The summed E-state index contributed by atoms with van der Waals surface area (Å²) in [6, 6.07) is 11.1. The van der Waals surface area contributed by atoms with Crippen molar-refractivity contribution in [3.8, 4) is 0 Å². The van der Waals surface area contributed by atoms with Gasteiger partial charge >= 0.3 is 0 Å². The summed E-state index contributed by atoms with van der Waals surface area (Å²) in [5.74, 6) is 0. The molecule has 0 saturated carbocycles. The first kappa shape index (κ1) is 13.3. The van der Waals surface area contributed by atoms with E-state index in [1.54, 1.807) is 0 Å². The summed E-state index contributed by atoms with van der Waals surface area (Å²) >= 11 is 0. The van der Waals surface area contributed by atoms with E-state index in [9.17, 15) is 0 Å². The van der Waals surface area contributed by atoms with Crippen LogP contribution in [-0.2, 0) is 0 Å². The molecular formula is C16H24N2. The lowest BCUT2D eigenvalue weighted by Gasteiger charge is -2.23. The highest BCUT2D eigenvalue weighted by atomic mass is 15.2. The molecule has 2 heteroatoms. The Kier molecular flexibility index (Phi) is 5.43. The molecule has 0 radical (unpaired) electrons. The third-order valence-corrected chi connectivity index (χ3v) is 3.58. The van der Waals surface area contributed by atoms with Gasteiger partial charge in [0.1, 0.15) is 0 Å². The van der Waals surface area contributed by atoms with Gasteiger partial charge in [-0.05, 0) is 38.4 Å². The van der Waals surface area contributed by atoms with Crippen LogP contribution in [0, 0.1) is 0 Å². The van der Waals surface area contributed by atoms with Crippen molar-refractivity contribution in [2.45, 2.75) is 25.8 Å². The maximum Gasteiger partial charge on any atom is 0.0192 e. The number of hydrogen-bond acceptors (Lipinski definition) is 2. The van der Waals surface area contributed by atoms with E-state index >= 15 is 0 Å². The highest BCUT2D eigenvalue weighted by Crippen LogP contribution is 2.10. The van der Waals surface area contributed by atoms with Gasteiger partial charge in [0.2, 0.25) is 0 Å². The second-order valence-corrected chi connectivity index (χ2v) is 5.06. The van der Waals surface area contributed by atoms with Gasteiger partial charge in [0, 0.05) is 19.1 Å². The van der Waals surface area contributed by atoms with Gasteiger partial charge in [0.25, 0.3) is 0 Å². The van der Waals surface area contributed by atoms with Crippen LogP contribution in [0.1, 0.15) is 25.3 Å². The number of benzene rings is 1. The molecule has 1 unspecified atom stereocenters. The van der Waals surface area contributed by atoms with E-state index in [4.69, 9.17) is 0 Å². The fraction of sp³-hybridized carbons (Fsp3) is 0.500. The van der Waals surface area contributed by atoms with Crippen molar-refractivity contribution in [3.63, 3.8) is 0 Å². The fourth-order valence-electron chi connectivity index (χ4n) is 2.45. The van der Waals surface area contributed by atoms with Gasteiger partial charge in [0.05, 0.1) is 0 Å². The number of hydrogen-bond donors (Lipinski definition) is 1. The topological polar surface area (TPSA) is 15.3 Å². The molecule has 0 spiro atoms. The summed E-state index contributed by atoms with van der Waals surface area (Å²) in [4.78, 5) is 2.58. The molecule has 1 aliphatic heterocycles. The maximum absolute atomic E-state index is 3.50. The second-order valence-electron chi connectivity index (χ2n) is 5.06. The molecule has 1 heterocycles. The predicted molar refractivity (Wildman–Crippen MR) is 78.6 cm³/mol. The third kappa shape index (κ3) is 4.28. The first-order valence-electron chi connectivity index (χ1n) is 7.02. The molecule has 2 rings (SSSR count). The van der Waals surface area contributed by atoms with Crippen molar-refractivity contribution in [1.29, 1.82) is 0 Å². The Bertz CT molecular complexity index is 353. The van der Waals surface area contributed by atoms with Crippen LogP contribution in [0.4, 0.5) is 0 Å². The summed E-state index contributed by atoms with van der Waals surface area (Å²) in [7, 11) is 0. The molecule has 2 nitrogen and oxygen atoms in total. The minimum Gasteiger partial charge on any atom is -0.312 e. The zero-order valence-electron chi connectivity index (χ0n) is 11.3. The van der Waals surface area contributed by atoms with E-state index in [1.807, 2.05) is 6.07 Å². The molecule has 1 saturated heterocycles. The molecule has 18 heavy (non-hydrogen) atoms. The molecule has 0 amide bonds. The summed E-state index contributed by atoms with van der Waals surface area (Å²) in [6.07, 6.45) is 7.12. The third-order valence-electron chi connectivity index (χ3n) is 3.58. The molecular weight excluding hydrogens is 220 g/mol. The largest absolute Gasteiger partial charge is 0.312 e. The van der Waals surface area contributed by atoms with Crippen LogP contribution in [0.5, 0.6) is 0 Å². The highest BCUT2D eigenvalue weighted by molar-refractivity contribution is 5.48. The first-order chi connectivity index (χ1) is 8.86. The van der Waals surface area contributed by atoms with E-state index in [1.165, 1.54) is 31.5 Å². The SMILES string of the molecule is CC(CNC/C=C/c1ccccc1)N1CCCC1. The summed E-state index contributed by atoms with van der Waals surface area (Å²) in [5, 5.41) is 3.50. The average Bonchev–Trinajstić information content (AvgIpc) is 2.93. The van der Waals surface area contributed by atoms with Crippen molar-refractivity contribution in [3.05, 3.63) is 42.0 Å². The first-order valence-corrected chi connectivity index (χ1v) is 7.02. The van der Waals surface area contributed by atoms with Gasteiger partial charge in [-0.15, -0.1) is 0 Å². The number of nitrogens with one attached hydrogen (secondary N) is 1. The quantitative estimate of drug-likeness (QED) is 0.774. The Morgan fingerprint density at radius 3 is 2.67 bits per heavy atom. The van der Waals surface area contributed by atoms with Crippen LogP contribution >= 0.6 is 0 Å². The van der Waals surface area contributed by atoms with Crippen LogP contribution in [0.2, 0.25) is 0 Å². The van der Waals surface area contributed by atoms with Crippen LogP contribution in [0.25, 0.3) is 6.08 Å². The van der Waals surface area contributed by atoms with Crippen molar-refractivity contribution in [1.82, 2.24) is 10.2 Å². The molecule has 1 aliphatic rings. The zero-order chi connectivity index (χ0) is 12.6.